The highest BCUT2D eigenvalue weighted by atomic mass is 35.5. The molecule has 1 heterocycles. The molecule has 0 aliphatic rings. The fourth-order valence-corrected chi connectivity index (χ4v) is 1.52. The minimum absolute atomic E-state index is 0.120. The molecule has 0 spiro atoms. The average Bonchev–Trinajstić information content (AvgIpc) is 2.34. The van der Waals surface area contributed by atoms with Crippen molar-refractivity contribution in [3.8, 4) is 0 Å². The molecule has 3 nitrogen and oxygen atoms in total. The summed E-state index contributed by atoms with van der Waals surface area (Å²) in [4.78, 5) is 4.77. The molecular formula is C5H8ClN3S. The first-order valence-electron chi connectivity index (χ1n) is 2.81. The van der Waals surface area contributed by atoms with Crippen molar-refractivity contribution in [2.45, 2.75) is 6.04 Å². The van der Waals surface area contributed by atoms with Crippen molar-refractivity contribution in [1.29, 1.82) is 0 Å². The van der Waals surface area contributed by atoms with Crippen molar-refractivity contribution in [3.63, 3.8) is 0 Å². The molecule has 0 aliphatic carbocycles. The standard InChI is InChI=1S/C5H8ClN3S/c6-5-9-2-4(10-5)3(8)1-7/h2-3H,1,7-8H2. The zero-order chi connectivity index (χ0) is 7.56. The molecule has 1 rings (SSSR count). The molecule has 10 heavy (non-hydrogen) atoms. The Kier molecular flexibility index (Phi) is 2.62. The second-order valence-corrected chi connectivity index (χ2v) is 3.50. The third-order valence-corrected chi connectivity index (χ3v) is 2.36. The van der Waals surface area contributed by atoms with Crippen molar-refractivity contribution in [3.05, 3.63) is 15.5 Å². The van der Waals surface area contributed by atoms with E-state index in [-0.39, 0.29) is 6.04 Å². The normalized spacial score (nSPS) is 13.5. The monoisotopic (exact) mass is 177 g/mol. The Morgan fingerprint density at radius 3 is 2.90 bits per heavy atom. The van der Waals surface area contributed by atoms with Crippen molar-refractivity contribution in [2.24, 2.45) is 11.5 Å². The molecule has 1 aromatic rings. The Morgan fingerprint density at radius 2 is 2.50 bits per heavy atom. The van der Waals surface area contributed by atoms with Gasteiger partial charge in [0.1, 0.15) is 0 Å². The van der Waals surface area contributed by atoms with Crippen molar-refractivity contribution in [1.82, 2.24) is 4.98 Å². The van der Waals surface area contributed by atoms with Crippen LogP contribution in [0.15, 0.2) is 6.20 Å². The van der Waals surface area contributed by atoms with Crippen LogP contribution in [-0.2, 0) is 0 Å². The molecule has 56 valence electrons. The molecule has 0 fully saturated rings. The highest BCUT2D eigenvalue weighted by Crippen LogP contribution is 2.21. The summed E-state index contributed by atoms with van der Waals surface area (Å²) in [5.41, 5.74) is 10.9. The van der Waals surface area contributed by atoms with Crippen LogP contribution in [0.5, 0.6) is 0 Å². The van der Waals surface area contributed by atoms with Crippen LogP contribution in [0.1, 0.15) is 10.9 Å². The summed E-state index contributed by atoms with van der Waals surface area (Å²) < 4.78 is 0.513. The van der Waals surface area contributed by atoms with E-state index in [1.807, 2.05) is 0 Å². The predicted molar refractivity (Wildman–Crippen MR) is 43.1 cm³/mol. The zero-order valence-electron chi connectivity index (χ0n) is 5.25. The van der Waals surface area contributed by atoms with Crippen LogP contribution in [0.4, 0.5) is 0 Å². The number of aromatic nitrogens is 1. The van der Waals surface area contributed by atoms with Crippen LogP contribution < -0.4 is 11.5 Å². The van der Waals surface area contributed by atoms with Gasteiger partial charge in [0, 0.05) is 17.6 Å². The Labute approximate surface area is 68.0 Å². The number of nitrogens with two attached hydrogens (primary N) is 2. The van der Waals surface area contributed by atoms with Gasteiger partial charge in [0.15, 0.2) is 4.47 Å². The molecule has 4 N–H and O–H groups in total. The van der Waals surface area contributed by atoms with Gasteiger partial charge in [0.05, 0.1) is 6.04 Å². The van der Waals surface area contributed by atoms with E-state index in [2.05, 4.69) is 4.98 Å². The van der Waals surface area contributed by atoms with Gasteiger partial charge in [0.25, 0.3) is 0 Å². The van der Waals surface area contributed by atoms with E-state index >= 15 is 0 Å². The molecule has 0 aliphatic heterocycles. The molecule has 0 amide bonds. The van der Waals surface area contributed by atoms with E-state index in [1.165, 1.54) is 11.3 Å². The number of halogens is 1. The Hall–Kier alpha value is -0.160. The molecule has 0 aromatic carbocycles. The summed E-state index contributed by atoms with van der Waals surface area (Å²) >= 11 is 6.94. The summed E-state index contributed by atoms with van der Waals surface area (Å²) in [6.07, 6.45) is 1.66. The SMILES string of the molecule is NCC(N)c1cnc(Cl)s1. The largest absolute Gasteiger partial charge is 0.329 e. The van der Waals surface area contributed by atoms with E-state index in [9.17, 15) is 0 Å². The van der Waals surface area contributed by atoms with Gasteiger partial charge >= 0.3 is 0 Å². The highest BCUT2D eigenvalue weighted by Gasteiger charge is 2.06. The second kappa shape index (κ2) is 3.30. The van der Waals surface area contributed by atoms with Crippen molar-refractivity contribution in [2.75, 3.05) is 6.54 Å². The minimum atomic E-state index is -0.120. The summed E-state index contributed by atoms with van der Waals surface area (Å²) in [6.45, 7) is 0.429. The van der Waals surface area contributed by atoms with Crippen LogP contribution in [0.2, 0.25) is 4.47 Å². The Morgan fingerprint density at radius 1 is 1.80 bits per heavy atom. The minimum Gasteiger partial charge on any atom is -0.329 e. The number of nitrogens with zero attached hydrogens (tertiary/aromatic N) is 1. The van der Waals surface area contributed by atoms with Crippen LogP contribution in [-0.4, -0.2) is 11.5 Å². The second-order valence-electron chi connectivity index (χ2n) is 1.86. The smallest absolute Gasteiger partial charge is 0.183 e. The van der Waals surface area contributed by atoms with E-state index in [0.717, 1.165) is 4.88 Å². The first kappa shape index (κ1) is 7.94. The van der Waals surface area contributed by atoms with Gasteiger partial charge in [-0.1, -0.05) is 11.6 Å². The maximum atomic E-state index is 5.59. The number of rotatable bonds is 2. The molecule has 1 aromatic heterocycles. The van der Waals surface area contributed by atoms with Gasteiger partial charge in [-0.25, -0.2) is 4.98 Å². The van der Waals surface area contributed by atoms with Crippen LogP contribution >= 0.6 is 22.9 Å². The van der Waals surface area contributed by atoms with E-state index < -0.39 is 0 Å². The van der Waals surface area contributed by atoms with Gasteiger partial charge in [-0.15, -0.1) is 11.3 Å². The van der Waals surface area contributed by atoms with E-state index in [1.54, 1.807) is 6.20 Å². The lowest BCUT2D eigenvalue weighted by Crippen LogP contribution is -2.19. The fraction of sp³-hybridized carbons (Fsp3) is 0.400. The van der Waals surface area contributed by atoms with Crippen LogP contribution in [0, 0.1) is 0 Å². The van der Waals surface area contributed by atoms with Gasteiger partial charge in [-0.2, -0.15) is 0 Å². The molecule has 0 bridgehead atoms. The average molecular weight is 178 g/mol. The van der Waals surface area contributed by atoms with E-state index in [4.69, 9.17) is 23.1 Å². The number of thiazole rings is 1. The molecule has 0 saturated heterocycles. The number of hydrogen-bond acceptors (Lipinski definition) is 4. The zero-order valence-corrected chi connectivity index (χ0v) is 6.82. The summed E-state index contributed by atoms with van der Waals surface area (Å²) in [5.74, 6) is 0. The van der Waals surface area contributed by atoms with Gasteiger partial charge in [0.2, 0.25) is 0 Å². The van der Waals surface area contributed by atoms with Crippen molar-refractivity contribution >= 4 is 22.9 Å². The molecule has 1 unspecified atom stereocenters. The van der Waals surface area contributed by atoms with Crippen LogP contribution in [0.25, 0.3) is 0 Å². The topological polar surface area (TPSA) is 64.9 Å². The molecule has 0 saturated carbocycles. The maximum Gasteiger partial charge on any atom is 0.183 e. The summed E-state index contributed by atoms with van der Waals surface area (Å²) in [7, 11) is 0. The number of hydrogen-bond donors (Lipinski definition) is 2. The van der Waals surface area contributed by atoms with E-state index in [0.29, 0.717) is 11.0 Å². The highest BCUT2D eigenvalue weighted by molar-refractivity contribution is 7.15. The maximum absolute atomic E-state index is 5.59. The van der Waals surface area contributed by atoms with Gasteiger partial charge in [-0.05, 0) is 0 Å². The molecule has 1 atom stereocenters. The summed E-state index contributed by atoms with van der Waals surface area (Å²) in [5, 5.41) is 0. The molecule has 0 radical (unpaired) electrons. The first-order valence-corrected chi connectivity index (χ1v) is 4.00. The fourth-order valence-electron chi connectivity index (χ4n) is 0.552. The Balaban J connectivity index is 2.74. The lowest BCUT2D eigenvalue weighted by atomic mass is 10.3. The lowest BCUT2D eigenvalue weighted by Gasteiger charge is -2.01. The lowest BCUT2D eigenvalue weighted by molar-refractivity contribution is 0.750. The van der Waals surface area contributed by atoms with Gasteiger partial charge < -0.3 is 11.5 Å². The molecular weight excluding hydrogens is 170 g/mol. The third-order valence-electron chi connectivity index (χ3n) is 1.11. The first-order chi connectivity index (χ1) is 4.74. The summed E-state index contributed by atoms with van der Waals surface area (Å²) in [6, 6.07) is -0.120. The quantitative estimate of drug-likeness (QED) is 0.701. The van der Waals surface area contributed by atoms with Crippen molar-refractivity contribution < 1.29 is 0 Å². The van der Waals surface area contributed by atoms with Crippen LogP contribution in [0.3, 0.4) is 0 Å². The molecule has 5 heteroatoms. The predicted octanol–water partition coefficient (Wildman–Crippen LogP) is 0.755. The third kappa shape index (κ3) is 1.67. The Bertz CT molecular complexity index is 212. The van der Waals surface area contributed by atoms with Gasteiger partial charge in [-0.3, -0.25) is 0 Å².